The van der Waals surface area contributed by atoms with Crippen molar-refractivity contribution in [2.24, 2.45) is 0 Å². The topological polar surface area (TPSA) is 0 Å². The fourth-order valence-corrected chi connectivity index (χ4v) is 7.17. The fourth-order valence-electron chi connectivity index (χ4n) is 7.17. The summed E-state index contributed by atoms with van der Waals surface area (Å²) in [6, 6.07) is 57.9. The second-order valence-corrected chi connectivity index (χ2v) is 11.8. The molecular formula is C44H32. The molecule has 0 aliphatic rings. The molecule has 8 aromatic rings. The van der Waals surface area contributed by atoms with Crippen LogP contribution in [0.3, 0.4) is 0 Å². The van der Waals surface area contributed by atoms with E-state index in [-0.39, 0.29) is 0 Å². The van der Waals surface area contributed by atoms with E-state index in [9.17, 15) is 0 Å². The number of hydrogen-bond acceptors (Lipinski definition) is 0. The molecular weight excluding hydrogens is 528 g/mol. The highest BCUT2D eigenvalue weighted by Gasteiger charge is 2.26. The minimum Gasteiger partial charge on any atom is -0.0622 e. The van der Waals surface area contributed by atoms with E-state index in [2.05, 4.69) is 172 Å². The maximum absolute atomic E-state index is 2.35. The van der Waals surface area contributed by atoms with Gasteiger partial charge in [-0.05, 0) is 96.2 Å². The van der Waals surface area contributed by atoms with Crippen LogP contribution in [0.15, 0.2) is 158 Å². The molecule has 8 rings (SSSR count). The van der Waals surface area contributed by atoms with E-state index in [1.807, 2.05) is 0 Å². The lowest BCUT2D eigenvalue weighted by Crippen LogP contribution is -1.98. The lowest BCUT2D eigenvalue weighted by molar-refractivity contribution is 1.47. The lowest BCUT2D eigenvalue weighted by atomic mass is 9.77. The number of rotatable bonds is 4. The van der Waals surface area contributed by atoms with Crippen LogP contribution in [0.2, 0.25) is 0 Å². The summed E-state index contributed by atoms with van der Waals surface area (Å²) < 4.78 is 0. The van der Waals surface area contributed by atoms with Gasteiger partial charge in [0.15, 0.2) is 0 Å². The Bertz CT molecular complexity index is 2330. The fraction of sp³-hybridized carbons (Fsp3) is 0.0455. The molecule has 0 heterocycles. The van der Waals surface area contributed by atoms with E-state index in [0.717, 1.165) is 0 Å². The second-order valence-electron chi connectivity index (χ2n) is 11.8. The highest BCUT2D eigenvalue weighted by atomic mass is 14.3. The Morgan fingerprint density at radius 3 is 1.25 bits per heavy atom. The minimum atomic E-state index is 1.23. The highest BCUT2D eigenvalue weighted by molar-refractivity contribution is 6.33. The van der Waals surface area contributed by atoms with E-state index in [4.69, 9.17) is 0 Å². The van der Waals surface area contributed by atoms with Crippen LogP contribution < -0.4 is 0 Å². The number of benzene rings is 8. The van der Waals surface area contributed by atoms with Gasteiger partial charge < -0.3 is 0 Å². The first-order chi connectivity index (χ1) is 21.7. The monoisotopic (exact) mass is 560 g/mol. The zero-order valence-electron chi connectivity index (χ0n) is 25.0. The SMILES string of the molecule is Cc1cccc(-c2c3ccccc3c(-c3ccccc3C)c3c(-c4ccccc4)c4ccccc4c(-c4ccccc4)c23)c1. The van der Waals surface area contributed by atoms with Gasteiger partial charge in [-0.3, -0.25) is 0 Å². The zero-order valence-corrected chi connectivity index (χ0v) is 25.0. The maximum Gasteiger partial charge on any atom is -0.000129 e. The molecule has 0 amide bonds. The first-order valence-electron chi connectivity index (χ1n) is 15.4. The zero-order chi connectivity index (χ0) is 29.6. The van der Waals surface area contributed by atoms with Gasteiger partial charge >= 0.3 is 0 Å². The van der Waals surface area contributed by atoms with Crippen LogP contribution in [0.25, 0.3) is 76.8 Å². The van der Waals surface area contributed by atoms with Crippen molar-refractivity contribution in [3.05, 3.63) is 169 Å². The molecule has 0 fully saturated rings. The van der Waals surface area contributed by atoms with Crippen LogP contribution in [-0.2, 0) is 0 Å². The number of aryl methyl sites for hydroxylation is 2. The predicted octanol–water partition coefficient (Wildman–Crippen LogP) is 12.4. The van der Waals surface area contributed by atoms with Gasteiger partial charge in [-0.2, -0.15) is 0 Å². The molecule has 0 atom stereocenters. The van der Waals surface area contributed by atoms with Crippen LogP contribution in [0.4, 0.5) is 0 Å². The largest absolute Gasteiger partial charge is 0.0622 e. The summed E-state index contributed by atoms with van der Waals surface area (Å²) in [5.41, 5.74) is 12.7. The summed E-state index contributed by atoms with van der Waals surface area (Å²) in [6.07, 6.45) is 0. The highest BCUT2D eigenvalue weighted by Crippen LogP contribution is 2.53. The summed E-state index contributed by atoms with van der Waals surface area (Å²) in [6.45, 7) is 4.43. The Kier molecular flexibility index (Phi) is 6.35. The van der Waals surface area contributed by atoms with Gasteiger partial charge in [0.1, 0.15) is 0 Å². The van der Waals surface area contributed by atoms with Crippen molar-refractivity contribution in [1.82, 2.24) is 0 Å². The Hall–Kier alpha value is -5.46. The average molecular weight is 561 g/mol. The standard InChI is InChI=1S/C44H32/c1-29-16-15-22-33(28-29)41-37-26-13-14-27-38(37)42(34-23-10-9-17-30(34)2)44-40(32-20-7-4-8-21-32)36-25-12-11-24-35(36)39(43(41)44)31-18-5-3-6-19-31/h3-28H,1-2H3. The minimum absolute atomic E-state index is 1.23. The molecule has 0 aliphatic carbocycles. The molecule has 0 bridgehead atoms. The van der Waals surface area contributed by atoms with Gasteiger partial charge in [-0.15, -0.1) is 0 Å². The molecule has 0 aliphatic heterocycles. The van der Waals surface area contributed by atoms with Crippen molar-refractivity contribution in [3.63, 3.8) is 0 Å². The first-order valence-corrected chi connectivity index (χ1v) is 15.4. The quantitative estimate of drug-likeness (QED) is 0.188. The van der Waals surface area contributed by atoms with Gasteiger partial charge in [-0.25, -0.2) is 0 Å². The van der Waals surface area contributed by atoms with Crippen molar-refractivity contribution >= 4 is 32.3 Å². The number of fused-ring (bicyclic) bond motifs is 3. The molecule has 208 valence electrons. The van der Waals surface area contributed by atoms with Crippen LogP contribution in [0.5, 0.6) is 0 Å². The van der Waals surface area contributed by atoms with E-state index in [0.29, 0.717) is 0 Å². The molecule has 0 N–H and O–H groups in total. The third kappa shape index (κ3) is 4.14. The van der Waals surface area contributed by atoms with Crippen molar-refractivity contribution in [1.29, 1.82) is 0 Å². The Labute approximate surface area is 258 Å². The Morgan fingerprint density at radius 2 is 0.727 bits per heavy atom. The molecule has 0 saturated heterocycles. The molecule has 0 aromatic heterocycles. The van der Waals surface area contributed by atoms with Crippen LogP contribution in [-0.4, -0.2) is 0 Å². The molecule has 0 saturated carbocycles. The van der Waals surface area contributed by atoms with Crippen LogP contribution in [0.1, 0.15) is 11.1 Å². The Balaban J connectivity index is 1.78. The summed E-state index contributed by atoms with van der Waals surface area (Å²) in [5, 5.41) is 7.69. The van der Waals surface area contributed by atoms with Gasteiger partial charge in [0.25, 0.3) is 0 Å². The van der Waals surface area contributed by atoms with Gasteiger partial charge in [0, 0.05) is 0 Å². The molecule has 0 heteroatoms. The summed E-state index contributed by atoms with van der Waals surface area (Å²) >= 11 is 0. The summed E-state index contributed by atoms with van der Waals surface area (Å²) in [7, 11) is 0. The normalized spacial score (nSPS) is 11.4. The van der Waals surface area contributed by atoms with E-state index in [1.54, 1.807) is 0 Å². The summed E-state index contributed by atoms with van der Waals surface area (Å²) in [4.78, 5) is 0. The lowest BCUT2D eigenvalue weighted by Gasteiger charge is -2.25. The predicted molar refractivity (Wildman–Crippen MR) is 190 cm³/mol. The number of hydrogen-bond donors (Lipinski definition) is 0. The third-order valence-corrected chi connectivity index (χ3v) is 9.03. The third-order valence-electron chi connectivity index (χ3n) is 9.03. The van der Waals surface area contributed by atoms with Crippen molar-refractivity contribution < 1.29 is 0 Å². The molecule has 0 spiro atoms. The average Bonchev–Trinajstić information content (AvgIpc) is 3.07. The van der Waals surface area contributed by atoms with Crippen LogP contribution >= 0.6 is 0 Å². The maximum atomic E-state index is 2.35. The van der Waals surface area contributed by atoms with E-state index >= 15 is 0 Å². The Morgan fingerprint density at radius 1 is 0.318 bits per heavy atom. The van der Waals surface area contributed by atoms with Crippen molar-refractivity contribution in [3.8, 4) is 44.5 Å². The van der Waals surface area contributed by atoms with E-state index < -0.39 is 0 Å². The molecule has 0 unspecified atom stereocenters. The van der Waals surface area contributed by atoms with Gasteiger partial charge in [-0.1, -0.05) is 163 Å². The van der Waals surface area contributed by atoms with E-state index in [1.165, 1.54) is 88.0 Å². The molecule has 0 nitrogen and oxygen atoms in total. The van der Waals surface area contributed by atoms with Gasteiger partial charge in [0.2, 0.25) is 0 Å². The smallest absolute Gasteiger partial charge is 0.000129 e. The molecule has 0 radical (unpaired) electrons. The van der Waals surface area contributed by atoms with Gasteiger partial charge in [0.05, 0.1) is 0 Å². The van der Waals surface area contributed by atoms with Crippen molar-refractivity contribution in [2.45, 2.75) is 13.8 Å². The van der Waals surface area contributed by atoms with Crippen molar-refractivity contribution in [2.75, 3.05) is 0 Å². The molecule has 44 heavy (non-hydrogen) atoms. The first kappa shape index (κ1) is 26.2. The van der Waals surface area contributed by atoms with Crippen LogP contribution in [0, 0.1) is 13.8 Å². The second kappa shape index (κ2) is 10.7. The molecule has 8 aromatic carbocycles. The summed E-state index contributed by atoms with van der Waals surface area (Å²) in [5.74, 6) is 0.